The Morgan fingerprint density at radius 2 is 1.62 bits per heavy atom. The summed E-state index contributed by atoms with van der Waals surface area (Å²) in [7, 11) is -1.64. The summed E-state index contributed by atoms with van der Waals surface area (Å²) in [6, 6.07) is 0.579. The number of phenols is 1. The minimum atomic E-state index is -4.99. The zero-order chi connectivity index (χ0) is 16.4. The fourth-order valence-corrected chi connectivity index (χ4v) is 2.55. The van der Waals surface area contributed by atoms with E-state index in [4.69, 9.17) is 4.80 Å². The Bertz CT molecular complexity index is 496. The second kappa shape index (κ2) is 6.26. The summed E-state index contributed by atoms with van der Waals surface area (Å²) in [5.74, 6) is -1.03. The zero-order valence-electron chi connectivity index (χ0n) is 10.9. The van der Waals surface area contributed by atoms with E-state index in [-0.39, 0.29) is 25.0 Å². The topological polar surface area (TPSA) is 40.5 Å². The van der Waals surface area contributed by atoms with Gasteiger partial charge in [-0.05, 0) is 37.6 Å². The van der Waals surface area contributed by atoms with Crippen LogP contribution in [0.1, 0.15) is 23.1 Å². The molecule has 0 spiro atoms. The summed E-state index contributed by atoms with van der Waals surface area (Å²) in [4.78, 5) is 9.15. The highest BCUT2D eigenvalue weighted by atomic mass is 28.3. The molecule has 0 amide bonds. The summed E-state index contributed by atoms with van der Waals surface area (Å²) >= 11 is 0. The number of hydrogen-bond donors (Lipinski definition) is 2. The monoisotopic (exact) mass is 331 g/mol. The van der Waals surface area contributed by atoms with Gasteiger partial charge in [-0.3, -0.25) is 0 Å². The number of hydrogen-bond acceptors (Lipinski definition) is 2. The highest BCUT2D eigenvalue weighted by molar-refractivity contribution is 6.48. The fourth-order valence-electron chi connectivity index (χ4n) is 1.86. The van der Waals surface area contributed by atoms with Gasteiger partial charge in [0.15, 0.2) is 0 Å². The summed E-state index contributed by atoms with van der Waals surface area (Å²) in [6.45, 7) is 1.54. The van der Waals surface area contributed by atoms with Crippen LogP contribution < -0.4 is 0 Å². The van der Waals surface area contributed by atoms with Gasteiger partial charge in [-0.2, -0.15) is 26.3 Å². The number of phenolic OH excluding ortho intramolecular Hbond substituents is 1. The number of halogens is 6. The maximum atomic E-state index is 12.9. The molecule has 0 heterocycles. The summed E-state index contributed by atoms with van der Waals surface area (Å²) in [5.41, 5.74) is -3.60. The molecule has 2 nitrogen and oxygen atoms in total. The van der Waals surface area contributed by atoms with Gasteiger partial charge in [-0.15, -0.1) is 0 Å². The van der Waals surface area contributed by atoms with Gasteiger partial charge in [0.1, 0.15) is 5.75 Å². The highest BCUT2D eigenvalue weighted by Crippen LogP contribution is 2.41. The van der Waals surface area contributed by atoms with Gasteiger partial charge >= 0.3 is 12.4 Å². The molecule has 1 rings (SSSR count). The average Bonchev–Trinajstić information content (AvgIpc) is 2.27. The van der Waals surface area contributed by atoms with Crippen LogP contribution in [0.5, 0.6) is 5.75 Å². The van der Waals surface area contributed by atoms with Crippen molar-refractivity contribution in [1.82, 2.24) is 0 Å². The lowest BCUT2D eigenvalue weighted by Gasteiger charge is -2.17. The standard InChI is InChI=1S/C12H13F6O2Si/c1-21(20)4-2-3-8-9(12(16,17)18)5-7(6-10(8)19)11(13,14)15/h5-6,19-20H,2-4H2,1H3. The van der Waals surface area contributed by atoms with Crippen molar-refractivity contribution in [3.8, 4) is 5.75 Å². The van der Waals surface area contributed by atoms with E-state index in [1.165, 1.54) is 0 Å². The molecule has 0 atom stereocenters. The molecule has 0 fully saturated rings. The maximum Gasteiger partial charge on any atom is 0.416 e. The van der Waals surface area contributed by atoms with Crippen molar-refractivity contribution in [1.29, 1.82) is 0 Å². The maximum absolute atomic E-state index is 12.9. The lowest BCUT2D eigenvalue weighted by atomic mass is 9.98. The van der Waals surface area contributed by atoms with Crippen molar-refractivity contribution < 1.29 is 36.2 Å². The van der Waals surface area contributed by atoms with Gasteiger partial charge in [0.05, 0.1) is 11.1 Å². The fraction of sp³-hybridized carbons (Fsp3) is 0.500. The number of rotatable bonds is 4. The molecule has 0 aliphatic carbocycles. The molecule has 119 valence electrons. The van der Waals surface area contributed by atoms with E-state index in [2.05, 4.69) is 0 Å². The van der Waals surface area contributed by atoms with Crippen LogP contribution in [0.15, 0.2) is 12.1 Å². The van der Waals surface area contributed by atoms with Crippen LogP contribution in [-0.4, -0.2) is 18.9 Å². The number of aromatic hydroxyl groups is 1. The predicted molar refractivity (Wildman–Crippen MR) is 65.1 cm³/mol. The van der Waals surface area contributed by atoms with Crippen molar-refractivity contribution in [3.05, 3.63) is 28.8 Å². The van der Waals surface area contributed by atoms with E-state index in [0.717, 1.165) is 0 Å². The molecule has 0 aliphatic rings. The van der Waals surface area contributed by atoms with E-state index in [1.54, 1.807) is 6.55 Å². The van der Waals surface area contributed by atoms with Crippen LogP contribution in [0, 0.1) is 0 Å². The van der Waals surface area contributed by atoms with Gasteiger partial charge in [0, 0.05) is 5.56 Å². The second-order valence-corrected chi connectivity index (χ2v) is 6.58. The first-order valence-electron chi connectivity index (χ1n) is 5.94. The lowest BCUT2D eigenvalue weighted by molar-refractivity contribution is -0.143. The van der Waals surface area contributed by atoms with Crippen molar-refractivity contribution >= 4 is 9.04 Å². The molecule has 1 aromatic rings. The molecule has 1 radical (unpaired) electrons. The molecule has 0 unspecified atom stereocenters. The Morgan fingerprint density at radius 3 is 2.05 bits per heavy atom. The van der Waals surface area contributed by atoms with E-state index in [1.807, 2.05) is 0 Å². The van der Waals surface area contributed by atoms with Crippen LogP contribution in [0.3, 0.4) is 0 Å². The minimum absolute atomic E-state index is 0.00576. The molecule has 2 N–H and O–H groups in total. The van der Waals surface area contributed by atoms with E-state index in [0.29, 0.717) is 6.07 Å². The van der Waals surface area contributed by atoms with E-state index >= 15 is 0 Å². The van der Waals surface area contributed by atoms with Crippen molar-refractivity contribution in [2.24, 2.45) is 0 Å². The summed E-state index contributed by atoms with van der Waals surface area (Å²) in [5, 5.41) is 9.51. The Kier molecular flexibility index (Phi) is 5.32. The molecular weight excluding hydrogens is 318 g/mol. The number of alkyl halides is 6. The molecule has 0 bridgehead atoms. The molecular formula is C12H13F6O2Si. The molecule has 1 aromatic carbocycles. The Hall–Kier alpha value is -1.22. The molecule has 0 saturated heterocycles. The van der Waals surface area contributed by atoms with Gasteiger partial charge < -0.3 is 9.90 Å². The van der Waals surface area contributed by atoms with Crippen LogP contribution in [0.2, 0.25) is 12.6 Å². The first kappa shape index (κ1) is 17.8. The van der Waals surface area contributed by atoms with Crippen LogP contribution in [0.4, 0.5) is 26.3 Å². The first-order valence-corrected chi connectivity index (χ1v) is 8.10. The van der Waals surface area contributed by atoms with E-state index < -0.39 is 43.8 Å². The Labute approximate surface area is 118 Å². The van der Waals surface area contributed by atoms with Crippen LogP contribution >= 0.6 is 0 Å². The van der Waals surface area contributed by atoms with Crippen molar-refractivity contribution in [2.45, 2.75) is 37.8 Å². The van der Waals surface area contributed by atoms with Crippen LogP contribution in [0.25, 0.3) is 0 Å². The third kappa shape index (κ3) is 4.92. The largest absolute Gasteiger partial charge is 0.508 e. The Balaban J connectivity index is 3.23. The summed E-state index contributed by atoms with van der Waals surface area (Å²) < 4.78 is 76.1. The minimum Gasteiger partial charge on any atom is -0.508 e. The van der Waals surface area contributed by atoms with E-state index in [9.17, 15) is 31.4 Å². The first-order chi connectivity index (χ1) is 9.43. The van der Waals surface area contributed by atoms with Gasteiger partial charge in [-0.1, -0.05) is 0 Å². The molecule has 9 heteroatoms. The summed E-state index contributed by atoms with van der Waals surface area (Å²) in [6.07, 6.45) is -10.1. The third-order valence-electron chi connectivity index (χ3n) is 2.82. The lowest BCUT2D eigenvalue weighted by Crippen LogP contribution is -2.14. The molecule has 0 aliphatic heterocycles. The smallest absolute Gasteiger partial charge is 0.416 e. The normalized spacial score (nSPS) is 13.0. The van der Waals surface area contributed by atoms with Gasteiger partial charge in [0.25, 0.3) is 0 Å². The second-order valence-electron chi connectivity index (χ2n) is 4.61. The van der Waals surface area contributed by atoms with Crippen LogP contribution in [-0.2, 0) is 18.8 Å². The molecule has 0 saturated carbocycles. The molecule has 0 aromatic heterocycles. The highest BCUT2D eigenvalue weighted by Gasteiger charge is 2.39. The quantitative estimate of drug-likeness (QED) is 0.647. The number of benzene rings is 1. The molecule has 21 heavy (non-hydrogen) atoms. The van der Waals surface area contributed by atoms with Crippen molar-refractivity contribution in [3.63, 3.8) is 0 Å². The van der Waals surface area contributed by atoms with Crippen molar-refractivity contribution in [2.75, 3.05) is 0 Å². The van der Waals surface area contributed by atoms with Gasteiger partial charge in [0.2, 0.25) is 9.04 Å². The zero-order valence-corrected chi connectivity index (χ0v) is 11.9. The third-order valence-corrected chi connectivity index (χ3v) is 3.90. The SMILES string of the molecule is C[Si](O)CCCc1c(O)cc(C(F)(F)F)cc1C(F)(F)F. The average molecular weight is 331 g/mol. The predicted octanol–water partition coefficient (Wildman–Crippen LogP) is 3.98. The Morgan fingerprint density at radius 1 is 1.05 bits per heavy atom. The van der Waals surface area contributed by atoms with Gasteiger partial charge in [-0.25, -0.2) is 0 Å².